The molecule has 0 atom stereocenters. The zero-order chi connectivity index (χ0) is 10.5. The Morgan fingerprint density at radius 1 is 1.29 bits per heavy atom. The van der Waals surface area contributed by atoms with E-state index in [-0.39, 0.29) is 10.8 Å². The van der Waals surface area contributed by atoms with Gasteiger partial charge in [0.2, 0.25) is 5.28 Å². The molecule has 6 nitrogen and oxygen atoms in total. The Bertz CT molecular complexity index is 621. The van der Waals surface area contributed by atoms with Gasteiger partial charge in [-0.15, -0.1) is 0 Å². The number of aryl methyl sites for hydroxylation is 1. The highest BCUT2D eigenvalue weighted by molar-refractivity contribution is 6.29. The molecule has 0 aromatic carbocycles. The van der Waals surface area contributed by atoms with Crippen LogP contribution in [-0.2, 0) is 14.1 Å². The highest BCUT2D eigenvalue weighted by Crippen LogP contribution is 2.10. The van der Waals surface area contributed by atoms with E-state index < -0.39 is 11.2 Å². The van der Waals surface area contributed by atoms with Crippen LogP contribution in [0.25, 0.3) is 11.2 Å². The van der Waals surface area contributed by atoms with Crippen molar-refractivity contribution >= 4 is 22.8 Å². The van der Waals surface area contributed by atoms with Crippen molar-refractivity contribution in [2.45, 2.75) is 0 Å². The Morgan fingerprint density at radius 2 is 1.93 bits per heavy atom. The maximum absolute atomic E-state index is 11.5. The van der Waals surface area contributed by atoms with Crippen LogP contribution in [0.3, 0.4) is 0 Å². The smallest absolute Gasteiger partial charge is 0.304 e. The predicted octanol–water partition coefficient (Wildman–Crippen LogP) is -0.386. The average molecular weight is 215 g/mol. The number of halogens is 1. The number of nitrogens with one attached hydrogen (secondary N) is 1. The molecule has 2 aromatic heterocycles. The van der Waals surface area contributed by atoms with Crippen molar-refractivity contribution in [2.75, 3.05) is 0 Å². The average Bonchev–Trinajstić information content (AvgIpc) is 2.42. The van der Waals surface area contributed by atoms with Crippen LogP contribution < -0.4 is 11.2 Å². The molecule has 0 amide bonds. The third-order valence-electron chi connectivity index (χ3n) is 2.08. The van der Waals surface area contributed by atoms with Crippen molar-refractivity contribution in [1.82, 2.24) is 19.1 Å². The molecule has 0 aliphatic rings. The van der Waals surface area contributed by atoms with Crippen molar-refractivity contribution in [1.29, 1.82) is 0 Å². The van der Waals surface area contributed by atoms with Crippen LogP contribution in [0.5, 0.6) is 0 Å². The molecule has 0 radical (unpaired) electrons. The van der Waals surface area contributed by atoms with Gasteiger partial charge in [0.25, 0.3) is 5.56 Å². The molecular weight excluding hydrogens is 208 g/mol. The lowest BCUT2D eigenvalue weighted by molar-refractivity contribution is 0.784. The van der Waals surface area contributed by atoms with Crippen molar-refractivity contribution in [3.05, 3.63) is 26.1 Å². The zero-order valence-corrected chi connectivity index (χ0v) is 8.29. The first-order chi connectivity index (χ1) is 6.52. The largest absolute Gasteiger partial charge is 0.329 e. The Morgan fingerprint density at radius 3 is 2.57 bits per heavy atom. The van der Waals surface area contributed by atoms with Gasteiger partial charge in [0.05, 0.1) is 0 Å². The summed E-state index contributed by atoms with van der Waals surface area (Å²) in [5, 5.41) is 0.166. The Hall–Kier alpha value is -1.56. The summed E-state index contributed by atoms with van der Waals surface area (Å²) in [7, 11) is 3.00. The standard InChI is InChI=1S/C7H7ClN4O2/c1-11-4-3(9-6(11)8)5(13)12(2)7(14)10-4/h1-2H3,(H,10,14). The van der Waals surface area contributed by atoms with Gasteiger partial charge in [0, 0.05) is 14.1 Å². The molecule has 1 N–H and O–H groups in total. The van der Waals surface area contributed by atoms with Gasteiger partial charge in [-0.05, 0) is 11.6 Å². The van der Waals surface area contributed by atoms with Gasteiger partial charge in [-0.2, -0.15) is 0 Å². The van der Waals surface area contributed by atoms with Gasteiger partial charge < -0.3 is 4.57 Å². The van der Waals surface area contributed by atoms with E-state index in [2.05, 4.69) is 9.97 Å². The molecular formula is C7H7ClN4O2. The van der Waals surface area contributed by atoms with E-state index in [4.69, 9.17) is 11.6 Å². The summed E-state index contributed by atoms with van der Waals surface area (Å²) in [4.78, 5) is 29.1. The van der Waals surface area contributed by atoms with Gasteiger partial charge in [0.15, 0.2) is 5.52 Å². The van der Waals surface area contributed by atoms with Crippen LogP contribution in [0, 0.1) is 0 Å². The SMILES string of the molecule is Cn1c(=O)[nH]c2c(nc(Cl)n2C)c1=O. The quantitative estimate of drug-likeness (QED) is 0.608. The van der Waals surface area contributed by atoms with E-state index in [1.807, 2.05) is 0 Å². The van der Waals surface area contributed by atoms with Crippen molar-refractivity contribution in [3.8, 4) is 0 Å². The van der Waals surface area contributed by atoms with E-state index in [1.54, 1.807) is 7.05 Å². The fraction of sp³-hybridized carbons (Fsp3) is 0.286. The summed E-state index contributed by atoms with van der Waals surface area (Å²) in [5.41, 5.74) is -0.434. The van der Waals surface area contributed by atoms with E-state index in [0.717, 1.165) is 4.57 Å². The third-order valence-corrected chi connectivity index (χ3v) is 2.42. The van der Waals surface area contributed by atoms with E-state index in [1.165, 1.54) is 11.6 Å². The Kier molecular flexibility index (Phi) is 1.75. The highest BCUT2D eigenvalue weighted by Gasteiger charge is 2.11. The Labute approximate surface area is 82.8 Å². The molecule has 0 aliphatic heterocycles. The van der Waals surface area contributed by atoms with Crippen LogP contribution in [0.15, 0.2) is 9.59 Å². The molecule has 14 heavy (non-hydrogen) atoms. The first-order valence-corrected chi connectivity index (χ1v) is 4.21. The maximum Gasteiger partial charge on any atom is 0.329 e. The first-order valence-electron chi connectivity index (χ1n) is 3.83. The lowest BCUT2D eigenvalue weighted by atomic mass is 10.5. The van der Waals surface area contributed by atoms with Crippen molar-refractivity contribution in [3.63, 3.8) is 0 Å². The van der Waals surface area contributed by atoms with Gasteiger partial charge in [-0.25, -0.2) is 9.78 Å². The number of H-pyrrole nitrogens is 1. The second-order valence-electron chi connectivity index (χ2n) is 2.93. The minimum Gasteiger partial charge on any atom is -0.304 e. The van der Waals surface area contributed by atoms with Crippen LogP contribution in [0.1, 0.15) is 0 Å². The number of hydrogen-bond donors (Lipinski definition) is 1. The highest BCUT2D eigenvalue weighted by atomic mass is 35.5. The summed E-state index contributed by atoms with van der Waals surface area (Å²) in [6.45, 7) is 0. The van der Waals surface area contributed by atoms with Gasteiger partial charge in [-0.1, -0.05) is 0 Å². The second kappa shape index (κ2) is 2.71. The molecule has 2 rings (SSSR count). The minimum atomic E-state index is -0.484. The fourth-order valence-corrected chi connectivity index (χ4v) is 1.37. The summed E-state index contributed by atoms with van der Waals surface area (Å²) >= 11 is 5.71. The number of hydrogen-bond acceptors (Lipinski definition) is 3. The molecule has 0 unspecified atom stereocenters. The van der Waals surface area contributed by atoms with E-state index >= 15 is 0 Å². The van der Waals surface area contributed by atoms with Crippen LogP contribution >= 0.6 is 11.6 Å². The van der Waals surface area contributed by atoms with E-state index in [9.17, 15) is 9.59 Å². The molecule has 74 valence electrons. The summed E-state index contributed by atoms with van der Waals surface area (Å²) in [6.07, 6.45) is 0. The van der Waals surface area contributed by atoms with Crippen molar-refractivity contribution in [2.24, 2.45) is 14.1 Å². The van der Waals surface area contributed by atoms with Crippen molar-refractivity contribution < 1.29 is 0 Å². The molecule has 7 heteroatoms. The number of imidazole rings is 1. The molecule has 0 spiro atoms. The molecule has 0 saturated heterocycles. The molecule has 0 saturated carbocycles. The first kappa shape index (κ1) is 9.01. The zero-order valence-electron chi connectivity index (χ0n) is 7.54. The number of rotatable bonds is 0. The van der Waals surface area contributed by atoms with Crippen LogP contribution in [0.2, 0.25) is 5.28 Å². The van der Waals surface area contributed by atoms with Crippen LogP contribution in [-0.4, -0.2) is 19.1 Å². The molecule has 2 heterocycles. The summed E-state index contributed by atoms with van der Waals surface area (Å²) < 4.78 is 2.39. The van der Waals surface area contributed by atoms with E-state index in [0.29, 0.717) is 5.65 Å². The number of aromatic nitrogens is 4. The molecule has 0 aliphatic carbocycles. The molecule has 0 bridgehead atoms. The van der Waals surface area contributed by atoms with Gasteiger partial charge >= 0.3 is 5.69 Å². The summed E-state index contributed by atoms with van der Waals surface area (Å²) in [6, 6.07) is 0. The minimum absolute atomic E-state index is 0.166. The monoisotopic (exact) mass is 214 g/mol. The van der Waals surface area contributed by atoms with Crippen LogP contribution in [0.4, 0.5) is 0 Å². The fourth-order valence-electron chi connectivity index (χ4n) is 1.20. The number of nitrogens with zero attached hydrogens (tertiary/aromatic N) is 3. The Balaban J connectivity index is 3.14. The number of fused-ring (bicyclic) bond motifs is 1. The maximum atomic E-state index is 11.5. The lowest BCUT2D eigenvalue weighted by Crippen LogP contribution is -2.32. The van der Waals surface area contributed by atoms with Gasteiger partial charge in [-0.3, -0.25) is 14.3 Å². The van der Waals surface area contributed by atoms with Gasteiger partial charge in [0.1, 0.15) is 5.65 Å². The second-order valence-corrected chi connectivity index (χ2v) is 3.27. The predicted molar refractivity (Wildman–Crippen MR) is 51.6 cm³/mol. The molecule has 2 aromatic rings. The lowest BCUT2D eigenvalue weighted by Gasteiger charge is -1.96. The molecule has 0 fully saturated rings. The number of aromatic amines is 1. The topological polar surface area (TPSA) is 72.7 Å². The third kappa shape index (κ3) is 1.00. The summed E-state index contributed by atoms with van der Waals surface area (Å²) in [5.74, 6) is 0. The normalized spacial score (nSPS) is 11.1.